The summed E-state index contributed by atoms with van der Waals surface area (Å²) in [6.45, 7) is 4.59. The number of rotatable bonds is 4. The van der Waals surface area contributed by atoms with E-state index < -0.39 is 0 Å². The molecule has 2 heterocycles. The number of nitrogens with zero attached hydrogens (tertiary/aromatic N) is 1. The Morgan fingerprint density at radius 1 is 1.26 bits per heavy atom. The fourth-order valence-electron chi connectivity index (χ4n) is 2.58. The zero-order chi connectivity index (χ0) is 16.4. The summed E-state index contributed by atoms with van der Waals surface area (Å²) < 4.78 is 7.22. The lowest BCUT2D eigenvalue weighted by atomic mass is 10.0. The molecule has 23 heavy (non-hydrogen) atoms. The maximum atomic E-state index is 12.1. The second-order valence-corrected chi connectivity index (χ2v) is 6.13. The molecule has 0 unspecified atom stereocenters. The van der Waals surface area contributed by atoms with Crippen molar-refractivity contribution in [3.8, 4) is 0 Å². The molecule has 3 aromatic rings. The lowest BCUT2D eigenvalue weighted by Gasteiger charge is -2.03. The van der Waals surface area contributed by atoms with Crippen molar-refractivity contribution in [1.82, 2.24) is 4.98 Å². The molecule has 0 saturated carbocycles. The number of ether oxygens (including phenoxy) is 1. The SMILES string of the molecule is CC(C)c1ccc2[nH]c(COC(=O)c3ccc[n+](C)c3)cc2c1. The van der Waals surface area contributed by atoms with Gasteiger partial charge in [0.15, 0.2) is 12.4 Å². The average molecular weight is 309 g/mol. The smallest absolute Gasteiger partial charge is 0.344 e. The molecule has 0 atom stereocenters. The van der Waals surface area contributed by atoms with Gasteiger partial charge in [-0.2, -0.15) is 0 Å². The highest BCUT2D eigenvalue weighted by molar-refractivity contribution is 5.88. The van der Waals surface area contributed by atoms with Gasteiger partial charge in [-0.1, -0.05) is 19.9 Å². The number of hydrogen-bond acceptors (Lipinski definition) is 2. The summed E-state index contributed by atoms with van der Waals surface area (Å²) in [4.78, 5) is 15.4. The van der Waals surface area contributed by atoms with Gasteiger partial charge in [0.1, 0.15) is 19.2 Å². The molecule has 0 fully saturated rings. The van der Waals surface area contributed by atoms with E-state index in [-0.39, 0.29) is 12.6 Å². The number of benzene rings is 1. The minimum Gasteiger partial charge on any atom is -0.456 e. The monoisotopic (exact) mass is 309 g/mol. The van der Waals surface area contributed by atoms with Gasteiger partial charge >= 0.3 is 5.97 Å². The number of carbonyl (C=O) groups excluding carboxylic acids is 1. The first-order valence-corrected chi connectivity index (χ1v) is 7.77. The highest BCUT2D eigenvalue weighted by atomic mass is 16.5. The second kappa shape index (κ2) is 6.24. The molecule has 0 amide bonds. The van der Waals surface area contributed by atoms with Crippen molar-refractivity contribution in [2.45, 2.75) is 26.4 Å². The van der Waals surface area contributed by atoms with Crippen LogP contribution in [0.15, 0.2) is 48.8 Å². The summed E-state index contributed by atoms with van der Waals surface area (Å²) in [5.41, 5.74) is 3.81. The van der Waals surface area contributed by atoms with Gasteiger partial charge in [-0.3, -0.25) is 0 Å². The predicted octanol–water partition coefficient (Wildman–Crippen LogP) is 3.47. The number of carbonyl (C=O) groups is 1. The van der Waals surface area contributed by atoms with Crippen LogP contribution >= 0.6 is 0 Å². The van der Waals surface area contributed by atoms with Gasteiger partial charge in [0.2, 0.25) is 0 Å². The second-order valence-electron chi connectivity index (χ2n) is 6.13. The number of fused-ring (bicyclic) bond motifs is 1. The van der Waals surface area contributed by atoms with Crippen molar-refractivity contribution in [3.63, 3.8) is 0 Å². The van der Waals surface area contributed by atoms with Crippen molar-refractivity contribution in [2.24, 2.45) is 7.05 Å². The average Bonchev–Trinajstić information content (AvgIpc) is 2.94. The molecule has 1 N–H and O–H groups in total. The van der Waals surface area contributed by atoms with Crippen LogP contribution in [0.5, 0.6) is 0 Å². The molecule has 118 valence electrons. The lowest BCUT2D eigenvalue weighted by Crippen LogP contribution is -2.28. The van der Waals surface area contributed by atoms with E-state index in [1.165, 1.54) is 5.56 Å². The summed E-state index contributed by atoms with van der Waals surface area (Å²) in [5, 5.41) is 1.15. The minimum atomic E-state index is -0.317. The Balaban J connectivity index is 1.73. The predicted molar refractivity (Wildman–Crippen MR) is 89.1 cm³/mol. The molecule has 0 bridgehead atoms. The van der Waals surface area contributed by atoms with Crippen LogP contribution in [0.3, 0.4) is 0 Å². The van der Waals surface area contributed by atoms with Crippen molar-refractivity contribution in [3.05, 3.63) is 65.6 Å². The van der Waals surface area contributed by atoms with E-state index in [1.807, 2.05) is 29.9 Å². The van der Waals surface area contributed by atoms with Crippen LogP contribution in [-0.4, -0.2) is 11.0 Å². The van der Waals surface area contributed by atoms with Gasteiger partial charge < -0.3 is 9.72 Å². The van der Waals surface area contributed by atoms with Crippen molar-refractivity contribution >= 4 is 16.9 Å². The number of aromatic nitrogens is 2. The van der Waals surface area contributed by atoms with E-state index in [2.05, 4.69) is 37.0 Å². The minimum absolute atomic E-state index is 0.239. The van der Waals surface area contributed by atoms with Crippen LogP contribution in [0.1, 0.15) is 41.4 Å². The quantitative estimate of drug-likeness (QED) is 0.592. The molecule has 4 heteroatoms. The maximum absolute atomic E-state index is 12.1. The molecular weight excluding hydrogens is 288 g/mol. The highest BCUT2D eigenvalue weighted by Crippen LogP contribution is 2.22. The number of hydrogen-bond donors (Lipinski definition) is 1. The van der Waals surface area contributed by atoms with E-state index in [9.17, 15) is 4.79 Å². The van der Waals surface area contributed by atoms with Crippen LogP contribution < -0.4 is 4.57 Å². The number of nitrogens with one attached hydrogen (secondary N) is 1. The van der Waals surface area contributed by atoms with Gasteiger partial charge in [0.25, 0.3) is 0 Å². The number of aryl methyl sites for hydroxylation is 1. The molecule has 0 aliphatic carbocycles. The molecule has 2 aromatic heterocycles. The topological polar surface area (TPSA) is 46.0 Å². The van der Waals surface area contributed by atoms with E-state index in [0.717, 1.165) is 16.6 Å². The Morgan fingerprint density at radius 2 is 2.09 bits per heavy atom. The fraction of sp³-hybridized carbons (Fsp3) is 0.263. The van der Waals surface area contributed by atoms with E-state index in [0.29, 0.717) is 11.5 Å². The third kappa shape index (κ3) is 3.42. The number of esters is 1. The van der Waals surface area contributed by atoms with Crippen molar-refractivity contribution in [1.29, 1.82) is 0 Å². The zero-order valence-electron chi connectivity index (χ0n) is 13.7. The van der Waals surface area contributed by atoms with Gasteiger partial charge in [-0.05, 0) is 35.7 Å². The summed E-state index contributed by atoms with van der Waals surface area (Å²) in [6, 6.07) is 12.0. The van der Waals surface area contributed by atoms with E-state index in [4.69, 9.17) is 4.74 Å². The summed E-state index contributed by atoms with van der Waals surface area (Å²) in [5.74, 6) is 0.178. The Hall–Kier alpha value is -2.62. The third-order valence-electron chi connectivity index (χ3n) is 3.90. The first-order chi connectivity index (χ1) is 11.0. The van der Waals surface area contributed by atoms with Crippen molar-refractivity contribution < 1.29 is 14.1 Å². The summed E-state index contributed by atoms with van der Waals surface area (Å²) in [7, 11) is 1.88. The number of H-pyrrole nitrogens is 1. The molecule has 0 radical (unpaired) electrons. The Kier molecular flexibility index (Phi) is 4.15. The van der Waals surface area contributed by atoms with Gasteiger partial charge in [0, 0.05) is 17.0 Å². The molecule has 0 aliphatic heterocycles. The largest absolute Gasteiger partial charge is 0.456 e. The third-order valence-corrected chi connectivity index (χ3v) is 3.90. The van der Waals surface area contributed by atoms with Gasteiger partial charge in [-0.25, -0.2) is 9.36 Å². The van der Waals surface area contributed by atoms with Crippen LogP contribution in [-0.2, 0) is 18.4 Å². The van der Waals surface area contributed by atoms with E-state index >= 15 is 0 Å². The first kappa shape index (κ1) is 15.3. The zero-order valence-corrected chi connectivity index (χ0v) is 13.7. The number of aromatic amines is 1. The molecule has 1 aromatic carbocycles. The Labute approximate surface area is 135 Å². The van der Waals surface area contributed by atoms with Crippen LogP contribution in [0, 0.1) is 0 Å². The lowest BCUT2D eigenvalue weighted by molar-refractivity contribution is -0.671. The molecule has 0 saturated heterocycles. The van der Waals surface area contributed by atoms with Crippen molar-refractivity contribution in [2.75, 3.05) is 0 Å². The molecule has 0 aliphatic rings. The highest BCUT2D eigenvalue weighted by Gasteiger charge is 2.12. The molecule has 3 rings (SSSR count). The Morgan fingerprint density at radius 3 is 2.83 bits per heavy atom. The first-order valence-electron chi connectivity index (χ1n) is 7.77. The fourth-order valence-corrected chi connectivity index (χ4v) is 2.58. The molecule has 4 nitrogen and oxygen atoms in total. The molecule has 0 spiro atoms. The van der Waals surface area contributed by atoms with Crippen LogP contribution in [0.4, 0.5) is 0 Å². The summed E-state index contributed by atoms with van der Waals surface area (Å²) >= 11 is 0. The maximum Gasteiger partial charge on any atom is 0.344 e. The van der Waals surface area contributed by atoms with E-state index in [1.54, 1.807) is 12.3 Å². The number of pyridine rings is 1. The van der Waals surface area contributed by atoms with Crippen LogP contribution in [0.25, 0.3) is 10.9 Å². The van der Waals surface area contributed by atoms with Crippen LogP contribution in [0.2, 0.25) is 0 Å². The summed E-state index contributed by atoms with van der Waals surface area (Å²) in [6.07, 6.45) is 3.63. The molecular formula is C19H21N2O2+. The van der Waals surface area contributed by atoms with Gasteiger partial charge in [-0.15, -0.1) is 0 Å². The normalized spacial score (nSPS) is 11.1. The van der Waals surface area contributed by atoms with Gasteiger partial charge in [0.05, 0.1) is 5.69 Å². The standard InChI is InChI=1S/C19H21N2O2/c1-13(2)14-6-7-18-16(9-14)10-17(20-18)12-23-19(22)15-5-4-8-21(3)11-15/h4-11,13,20H,12H2,1-3H3/q+1. The Bertz CT molecular complexity index is 849.